The third-order valence-corrected chi connectivity index (χ3v) is 2.87. The van der Waals surface area contributed by atoms with E-state index in [9.17, 15) is 4.39 Å². The Morgan fingerprint density at radius 1 is 1.38 bits per heavy atom. The van der Waals surface area contributed by atoms with Crippen molar-refractivity contribution in [1.29, 1.82) is 0 Å². The maximum Gasteiger partial charge on any atom is 0.213 e. The molecule has 2 heterocycles. The summed E-state index contributed by atoms with van der Waals surface area (Å²) in [6.07, 6.45) is 1.46. The molecule has 0 atom stereocenters. The average Bonchev–Trinajstić information content (AvgIpc) is 2.57. The van der Waals surface area contributed by atoms with Gasteiger partial charge >= 0.3 is 0 Å². The first-order valence-corrected chi connectivity index (χ1v) is 5.01. The van der Waals surface area contributed by atoms with E-state index in [1.54, 1.807) is 12.1 Å². The molecule has 0 saturated carbocycles. The highest BCUT2D eigenvalue weighted by atomic mass is 32.2. The molecule has 2 aromatic rings. The number of rotatable bonds is 2. The Morgan fingerprint density at radius 3 is 3.00 bits per heavy atom. The molecule has 3 nitrogen and oxygen atoms in total. The standard InChI is InChI=1S/C7H4FN3S2/c8-5-2-1-3-6(11-5)12-7-9-4-10-13-7/h1-4H. The fourth-order valence-electron chi connectivity index (χ4n) is 0.744. The van der Waals surface area contributed by atoms with E-state index in [0.717, 1.165) is 4.34 Å². The molecular weight excluding hydrogens is 209 g/mol. The second-order valence-electron chi connectivity index (χ2n) is 2.11. The molecular formula is C7H4FN3S2. The monoisotopic (exact) mass is 213 g/mol. The van der Waals surface area contributed by atoms with Gasteiger partial charge in [-0.25, -0.2) is 9.97 Å². The molecule has 0 aliphatic rings. The van der Waals surface area contributed by atoms with Crippen molar-refractivity contribution >= 4 is 23.3 Å². The predicted octanol–water partition coefficient (Wildman–Crippen LogP) is 2.22. The second kappa shape index (κ2) is 3.80. The van der Waals surface area contributed by atoms with Crippen molar-refractivity contribution in [3.63, 3.8) is 0 Å². The first-order chi connectivity index (χ1) is 6.34. The van der Waals surface area contributed by atoms with E-state index in [2.05, 4.69) is 14.3 Å². The van der Waals surface area contributed by atoms with Crippen LogP contribution in [0.5, 0.6) is 0 Å². The molecule has 0 bridgehead atoms. The summed E-state index contributed by atoms with van der Waals surface area (Å²) >= 11 is 2.57. The van der Waals surface area contributed by atoms with Crippen molar-refractivity contribution in [1.82, 2.24) is 14.3 Å². The Bertz CT molecular complexity index is 390. The van der Waals surface area contributed by atoms with Crippen LogP contribution in [-0.2, 0) is 0 Å². The molecule has 0 unspecified atom stereocenters. The van der Waals surface area contributed by atoms with Crippen molar-refractivity contribution in [3.8, 4) is 0 Å². The van der Waals surface area contributed by atoms with Crippen molar-refractivity contribution in [2.45, 2.75) is 9.37 Å². The van der Waals surface area contributed by atoms with Gasteiger partial charge in [0.15, 0.2) is 4.34 Å². The minimum absolute atomic E-state index is 0.477. The van der Waals surface area contributed by atoms with E-state index in [4.69, 9.17) is 0 Å². The highest BCUT2D eigenvalue weighted by Crippen LogP contribution is 2.25. The van der Waals surface area contributed by atoms with E-state index in [1.807, 2.05) is 0 Å². The van der Waals surface area contributed by atoms with E-state index >= 15 is 0 Å². The van der Waals surface area contributed by atoms with Gasteiger partial charge in [-0.05, 0) is 35.4 Å². The Balaban J connectivity index is 2.19. The van der Waals surface area contributed by atoms with E-state index in [1.165, 1.54) is 35.7 Å². The Morgan fingerprint density at radius 2 is 2.31 bits per heavy atom. The predicted molar refractivity (Wildman–Crippen MR) is 48.2 cm³/mol. The van der Waals surface area contributed by atoms with Crippen molar-refractivity contribution in [2.24, 2.45) is 0 Å². The first-order valence-electron chi connectivity index (χ1n) is 3.42. The highest BCUT2D eigenvalue weighted by molar-refractivity contribution is 8.00. The molecule has 6 heteroatoms. The van der Waals surface area contributed by atoms with Gasteiger partial charge in [0.25, 0.3) is 0 Å². The first kappa shape index (κ1) is 8.58. The van der Waals surface area contributed by atoms with Gasteiger partial charge in [0, 0.05) is 0 Å². The van der Waals surface area contributed by atoms with E-state index in [-0.39, 0.29) is 0 Å². The number of hydrogen-bond donors (Lipinski definition) is 0. The van der Waals surface area contributed by atoms with Crippen LogP contribution < -0.4 is 0 Å². The van der Waals surface area contributed by atoms with Crippen LogP contribution in [0.15, 0.2) is 33.9 Å². The van der Waals surface area contributed by atoms with Crippen LogP contribution in [0.3, 0.4) is 0 Å². The fraction of sp³-hybridized carbons (Fsp3) is 0. The van der Waals surface area contributed by atoms with E-state index in [0.29, 0.717) is 5.03 Å². The molecule has 66 valence electrons. The summed E-state index contributed by atoms with van der Waals surface area (Å²) < 4.78 is 17.2. The summed E-state index contributed by atoms with van der Waals surface area (Å²) in [6.45, 7) is 0. The SMILES string of the molecule is Fc1cccc(Sc2ncns2)n1. The molecule has 0 amide bonds. The molecule has 0 radical (unpaired) electrons. The van der Waals surface area contributed by atoms with Gasteiger partial charge < -0.3 is 0 Å². The third kappa shape index (κ3) is 2.22. The highest BCUT2D eigenvalue weighted by Gasteiger charge is 2.02. The van der Waals surface area contributed by atoms with Crippen LogP contribution in [-0.4, -0.2) is 14.3 Å². The summed E-state index contributed by atoms with van der Waals surface area (Å²) in [5.74, 6) is -0.477. The number of pyridine rings is 1. The zero-order valence-corrected chi connectivity index (χ0v) is 7.98. The summed E-state index contributed by atoms with van der Waals surface area (Å²) in [6, 6.07) is 4.66. The molecule has 0 aromatic carbocycles. The lowest BCUT2D eigenvalue weighted by atomic mass is 10.5. The molecule has 13 heavy (non-hydrogen) atoms. The molecule has 0 saturated heterocycles. The van der Waals surface area contributed by atoms with Crippen LogP contribution in [0, 0.1) is 5.95 Å². The topological polar surface area (TPSA) is 38.7 Å². The fourth-order valence-corrected chi connectivity index (χ4v) is 2.12. The lowest BCUT2D eigenvalue weighted by Gasteiger charge is -1.94. The molecule has 0 aliphatic heterocycles. The lowest BCUT2D eigenvalue weighted by molar-refractivity contribution is 0.572. The maximum atomic E-state index is 12.6. The minimum atomic E-state index is -0.477. The van der Waals surface area contributed by atoms with Crippen LogP contribution in [0.4, 0.5) is 4.39 Å². The Kier molecular flexibility index (Phi) is 2.51. The van der Waals surface area contributed by atoms with Gasteiger partial charge in [0.1, 0.15) is 11.4 Å². The van der Waals surface area contributed by atoms with Gasteiger partial charge in [-0.3, -0.25) is 0 Å². The van der Waals surface area contributed by atoms with Crippen molar-refractivity contribution < 1.29 is 4.39 Å². The number of nitrogens with zero attached hydrogens (tertiary/aromatic N) is 3. The van der Waals surface area contributed by atoms with Gasteiger partial charge in [-0.1, -0.05) is 6.07 Å². The zero-order chi connectivity index (χ0) is 9.10. The normalized spacial score (nSPS) is 10.2. The quantitative estimate of drug-likeness (QED) is 0.717. The number of aromatic nitrogens is 3. The summed E-state index contributed by atoms with van der Waals surface area (Å²) in [4.78, 5) is 7.63. The second-order valence-corrected chi connectivity index (χ2v) is 4.16. The molecule has 0 fully saturated rings. The zero-order valence-electron chi connectivity index (χ0n) is 6.35. The van der Waals surface area contributed by atoms with Crippen LogP contribution in [0.2, 0.25) is 0 Å². The van der Waals surface area contributed by atoms with Gasteiger partial charge in [-0.2, -0.15) is 8.76 Å². The maximum absolute atomic E-state index is 12.6. The molecule has 2 rings (SSSR count). The van der Waals surface area contributed by atoms with Crippen LogP contribution in [0.1, 0.15) is 0 Å². The van der Waals surface area contributed by atoms with Crippen molar-refractivity contribution in [2.75, 3.05) is 0 Å². The third-order valence-electron chi connectivity index (χ3n) is 1.22. The summed E-state index contributed by atoms with van der Waals surface area (Å²) in [5, 5.41) is 0.594. The van der Waals surface area contributed by atoms with Gasteiger partial charge in [0.05, 0.1) is 0 Å². The number of halogens is 1. The largest absolute Gasteiger partial charge is 0.216 e. The van der Waals surface area contributed by atoms with Crippen LogP contribution in [0.25, 0.3) is 0 Å². The van der Waals surface area contributed by atoms with Crippen LogP contribution >= 0.6 is 23.3 Å². The Hall–Kier alpha value is -1.01. The van der Waals surface area contributed by atoms with Gasteiger partial charge in [-0.15, -0.1) is 0 Å². The minimum Gasteiger partial charge on any atom is -0.216 e. The molecule has 2 aromatic heterocycles. The van der Waals surface area contributed by atoms with E-state index < -0.39 is 5.95 Å². The molecule has 0 N–H and O–H groups in total. The summed E-state index contributed by atoms with van der Waals surface area (Å²) in [7, 11) is 0. The smallest absolute Gasteiger partial charge is 0.213 e. The number of hydrogen-bond acceptors (Lipinski definition) is 5. The molecule has 0 aliphatic carbocycles. The lowest BCUT2D eigenvalue weighted by Crippen LogP contribution is -1.83. The Labute approximate surface area is 82.2 Å². The van der Waals surface area contributed by atoms with Gasteiger partial charge in [0.2, 0.25) is 5.95 Å². The molecule has 0 spiro atoms. The average molecular weight is 213 g/mol. The summed E-state index contributed by atoms with van der Waals surface area (Å²) in [5.41, 5.74) is 0. The van der Waals surface area contributed by atoms with Crippen molar-refractivity contribution in [3.05, 3.63) is 30.5 Å².